The molecule has 0 aliphatic rings. The SMILES string of the molecule is CCn1nc(C)c([N+](=O)[O-])c1NCCCS(C)(=O)=O. The maximum atomic E-state index is 11.0. The van der Waals surface area contributed by atoms with Gasteiger partial charge in [-0.1, -0.05) is 0 Å². The molecule has 1 aromatic heterocycles. The van der Waals surface area contributed by atoms with Gasteiger partial charge < -0.3 is 5.32 Å². The summed E-state index contributed by atoms with van der Waals surface area (Å²) in [6.45, 7) is 4.26. The number of nitrogens with one attached hydrogen (secondary N) is 1. The van der Waals surface area contributed by atoms with E-state index < -0.39 is 14.8 Å². The molecule has 1 N–H and O–H groups in total. The molecule has 1 heterocycles. The van der Waals surface area contributed by atoms with Crippen LogP contribution in [0.5, 0.6) is 0 Å². The van der Waals surface area contributed by atoms with Gasteiger partial charge in [-0.05, 0) is 20.3 Å². The number of sulfone groups is 1. The number of hydrogen-bond donors (Lipinski definition) is 1. The summed E-state index contributed by atoms with van der Waals surface area (Å²) in [4.78, 5) is 10.5. The molecule has 0 spiro atoms. The Morgan fingerprint density at radius 2 is 2.11 bits per heavy atom. The van der Waals surface area contributed by atoms with Gasteiger partial charge in [0.15, 0.2) is 0 Å². The van der Waals surface area contributed by atoms with E-state index in [1.54, 1.807) is 6.92 Å². The molecule has 0 unspecified atom stereocenters. The van der Waals surface area contributed by atoms with E-state index in [2.05, 4.69) is 10.4 Å². The zero-order chi connectivity index (χ0) is 14.6. The summed E-state index contributed by atoms with van der Waals surface area (Å²) in [7, 11) is -3.01. The fraction of sp³-hybridized carbons (Fsp3) is 0.700. The van der Waals surface area contributed by atoms with Crippen LogP contribution in [0.4, 0.5) is 11.5 Å². The lowest BCUT2D eigenvalue weighted by Crippen LogP contribution is -2.13. The van der Waals surface area contributed by atoms with E-state index in [0.717, 1.165) is 6.26 Å². The highest BCUT2D eigenvalue weighted by atomic mass is 32.2. The molecule has 0 saturated carbocycles. The Morgan fingerprint density at radius 1 is 1.47 bits per heavy atom. The normalized spacial score (nSPS) is 11.5. The van der Waals surface area contributed by atoms with Gasteiger partial charge in [0, 0.05) is 19.3 Å². The van der Waals surface area contributed by atoms with Crippen molar-refractivity contribution in [2.45, 2.75) is 26.8 Å². The first kappa shape index (κ1) is 15.4. The van der Waals surface area contributed by atoms with Gasteiger partial charge >= 0.3 is 5.69 Å². The largest absolute Gasteiger partial charge is 0.364 e. The number of hydrogen-bond acceptors (Lipinski definition) is 6. The van der Waals surface area contributed by atoms with Crippen molar-refractivity contribution in [3.63, 3.8) is 0 Å². The lowest BCUT2D eigenvalue weighted by molar-refractivity contribution is -0.384. The Bertz CT molecular complexity index is 564. The molecule has 0 radical (unpaired) electrons. The van der Waals surface area contributed by atoms with Gasteiger partial charge in [0.2, 0.25) is 5.82 Å². The summed E-state index contributed by atoms with van der Waals surface area (Å²) in [6, 6.07) is 0. The van der Waals surface area contributed by atoms with Gasteiger partial charge in [0.25, 0.3) is 0 Å². The Kier molecular flexibility index (Phi) is 4.87. The number of aromatic nitrogens is 2. The number of rotatable bonds is 7. The Hall–Kier alpha value is -1.64. The zero-order valence-electron chi connectivity index (χ0n) is 11.2. The molecule has 0 atom stereocenters. The van der Waals surface area contributed by atoms with Gasteiger partial charge in [-0.2, -0.15) is 5.10 Å². The first-order valence-corrected chi connectivity index (χ1v) is 7.95. The van der Waals surface area contributed by atoms with Crippen LogP contribution in [0.1, 0.15) is 19.0 Å². The zero-order valence-corrected chi connectivity index (χ0v) is 12.0. The van der Waals surface area contributed by atoms with Crippen LogP contribution < -0.4 is 5.32 Å². The van der Waals surface area contributed by atoms with Crippen LogP contribution in [0.3, 0.4) is 0 Å². The van der Waals surface area contributed by atoms with E-state index in [-0.39, 0.29) is 11.4 Å². The van der Waals surface area contributed by atoms with Crippen molar-refractivity contribution in [1.29, 1.82) is 0 Å². The van der Waals surface area contributed by atoms with Crippen molar-refractivity contribution in [2.24, 2.45) is 0 Å². The van der Waals surface area contributed by atoms with Crippen molar-refractivity contribution in [3.8, 4) is 0 Å². The molecule has 0 aliphatic heterocycles. The molecule has 0 fully saturated rings. The average Bonchev–Trinajstić information content (AvgIpc) is 2.59. The van der Waals surface area contributed by atoms with Gasteiger partial charge in [0.1, 0.15) is 15.5 Å². The Balaban J connectivity index is 2.79. The number of aryl methyl sites for hydroxylation is 2. The van der Waals surface area contributed by atoms with E-state index in [1.807, 2.05) is 6.92 Å². The first-order valence-electron chi connectivity index (χ1n) is 5.89. The lowest BCUT2D eigenvalue weighted by Gasteiger charge is -2.07. The minimum Gasteiger partial charge on any atom is -0.364 e. The third kappa shape index (κ3) is 4.19. The molecule has 9 heteroatoms. The maximum Gasteiger partial charge on any atom is 0.333 e. The third-order valence-corrected chi connectivity index (χ3v) is 3.59. The molecule has 19 heavy (non-hydrogen) atoms. The molecule has 8 nitrogen and oxygen atoms in total. The van der Waals surface area contributed by atoms with Crippen LogP contribution in [0.25, 0.3) is 0 Å². The molecule has 0 saturated heterocycles. The van der Waals surface area contributed by atoms with Crippen LogP contribution in [0.2, 0.25) is 0 Å². The first-order chi connectivity index (χ1) is 8.76. The van der Waals surface area contributed by atoms with E-state index in [9.17, 15) is 18.5 Å². The molecule has 1 rings (SSSR count). The molecule has 0 amide bonds. The van der Waals surface area contributed by atoms with Crippen molar-refractivity contribution < 1.29 is 13.3 Å². The van der Waals surface area contributed by atoms with Crippen molar-refractivity contribution in [3.05, 3.63) is 15.8 Å². The fourth-order valence-corrected chi connectivity index (χ4v) is 2.40. The topological polar surface area (TPSA) is 107 Å². The highest BCUT2D eigenvalue weighted by Gasteiger charge is 2.24. The van der Waals surface area contributed by atoms with Crippen molar-refractivity contribution >= 4 is 21.3 Å². The van der Waals surface area contributed by atoms with Gasteiger partial charge in [-0.25, -0.2) is 13.1 Å². The molecule has 1 aromatic rings. The maximum absolute atomic E-state index is 11.0. The Labute approximate surface area is 111 Å². The molecular formula is C10H18N4O4S. The summed E-state index contributed by atoms with van der Waals surface area (Å²) in [5.41, 5.74) is 0.290. The molecule has 0 aliphatic carbocycles. The summed E-state index contributed by atoms with van der Waals surface area (Å²) < 4.78 is 23.5. The van der Waals surface area contributed by atoms with Crippen LogP contribution in [-0.2, 0) is 16.4 Å². The summed E-state index contributed by atoms with van der Waals surface area (Å²) >= 11 is 0. The van der Waals surface area contributed by atoms with E-state index >= 15 is 0 Å². The predicted molar refractivity (Wildman–Crippen MR) is 72.1 cm³/mol. The smallest absolute Gasteiger partial charge is 0.333 e. The highest BCUT2D eigenvalue weighted by Crippen LogP contribution is 2.27. The van der Waals surface area contributed by atoms with Gasteiger partial charge in [0.05, 0.1) is 10.7 Å². The molecular weight excluding hydrogens is 272 g/mol. The van der Waals surface area contributed by atoms with Crippen LogP contribution in [0.15, 0.2) is 0 Å². The predicted octanol–water partition coefficient (Wildman–Crippen LogP) is 0.966. The summed E-state index contributed by atoms with van der Waals surface area (Å²) in [5, 5.41) is 18.0. The second-order valence-corrected chi connectivity index (χ2v) is 6.53. The van der Waals surface area contributed by atoms with Crippen LogP contribution in [-0.4, -0.2) is 41.7 Å². The molecule has 0 aromatic carbocycles. The fourth-order valence-electron chi connectivity index (χ4n) is 1.74. The number of nitro groups is 1. The second kappa shape index (κ2) is 6.00. The van der Waals surface area contributed by atoms with E-state index in [4.69, 9.17) is 0 Å². The van der Waals surface area contributed by atoms with Gasteiger partial charge in [-0.3, -0.25) is 10.1 Å². The van der Waals surface area contributed by atoms with E-state index in [0.29, 0.717) is 31.0 Å². The van der Waals surface area contributed by atoms with E-state index in [1.165, 1.54) is 4.68 Å². The standard InChI is InChI=1S/C10H18N4O4S/c1-4-13-10(9(14(15)16)8(2)12-13)11-6-5-7-19(3,17)18/h11H,4-7H2,1-3H3. The van der Waals surface area contributed by atoms with Gasteiger partial charge in [-0.15, -0.1) is 0 Å². The molecule has 0 bridgehead atoms. The minimum atomic E-state index is -3.01. The number of anilines is 1. The average molecular weight is 290 g/mol. The quantitative estimate of drug-likeness (QED) is 0.455. The van der Waals surface area contributed by atoms with Crippen LogP contribution in [0, 0.1) is 17.0 Å². The molecule has 108 valence electrons. The number of nitrogens with zero attached hydrogens (tertiary/aromatic N) is 3. The lowest BCUT2D eigenvalue weighted by atomic mass is 10.3. The highest BCUT2D eigenvalue weighted by molar-refractivity contribution is 7.90. The van der Waals surface area contributed by atoms with Crippen molar-refractivity contribution in [2.75, 3.05) is 23.9 Å². The second-order valence-electron chi connectivity index (χ2n) is 4.27. The summed E-state index contributed by atoms with van der Waals surface area (Å²) in [5.74, 6) is 0.381. The minimum absolute atomic E-state index is 0.0487. The van der Waals surface area contributed by atoms with Crippen LogP contribution >= 0.6 is 0 Å². The third-order valence-electron chi connectivity index (χ3n) is 2.56. The summed E-state index contributed by atoms with van der Waals surface area (Å²) in [6.07, 6.45) is 1.56. The Morgan fingerprint density at radius 3 is 2.58 bits per heavy atom. The van der Waals surface area contributed by atoms with Crippen molar-refractivity contribution in [1.82, 2.24) is 9.78 Å². The monoisotopic (exact) mass is 290 g/mol.